The lowest BCUT2D eigenvalue weighted by molar-refractivity contribution is 0.0947. The predicted molar refractivity (Wildman–Crippen MR) is 76.8 cm³/mol. The van der Waals surface area contributed by atoms with Gasteiger partial charge in [-0.05, 0) is 38.2 Å². The number of nitrogens with zero attached hydrogens (tertiary/aromatic N) is 2. The van der Waals surface area contributed by atoms with Crippen molar-refractivity contribution in [2.45, 2.75) is 20.3 Å². The number of nitrogen functional groups attached to an aromatic ring is 1. The van der Waals surface area contributed by atoms with Gasteiger partial charge in [0.05, 0.1) is 5.69 Å². The molecule has 0 atom stereocenters. The molecule has 6 heteroatoms. The van der Waals surface area contributed by atoms with E-state index in [-0.39, 0.29) is 5.91 Å². The van der Waals surface area contributed by atoms with Gasteiger partial charge in [-0.1, -0.05) is 13.8 Å². The first kappa shape index (κ1) is 15.4. The zero-order valence-corrected chi connectivity index (χ0v) is 11.6. The number of carbonyl (C=O) groups is 1. The number of rotatable bonds is 8. The maximum Gasteiger partial charge on any atom is 0.269 e. The van der Waals surface area contributed by atoms with Gasteiger partial charge in [0, 0.05) is 12.7 Å². The van der Waals surface area contributed by atoms with Crippen molar-refractivity contribution in [3.05, 3.63) is 24.0 Å². The molecule has 0 saturated carbocycles. The van der Waals surface area contributed by atoms with Crippen LogP contribution in [-0.2, 0) is 0 Å². The van der Waals surface area contributed by atoms with E-state index in [4.69, 9.17) is 5.84 Å². The van der Waals surface area contributed by atoms with E-state index in [1.165, 1.54) is 0 Å². The van der Waals surface area contributed by atoms with Gasteiger partial charge in [-0.15, -0.1) is 0 Å². The number of hydrogen-bond acceptors (Lipinski definition) is 5. The molecule has 0 unspecified atom stereocenters. The van der Waals surface area contributed by atoms with E-state index in [0.29, 0.717) is 17.9 Å². The Morgan fingerprint density at radius 1 is 1.42 bits per heavy atom. The van der Waals surface area contributed by atoms with Crippen molar-refractivity contribution >= 4 is 11.6 Å². The molecular formula is C13H23N5O. The summed E-state index contributed by atoms with van der Waals surface area (Å²) in [5.41, 5.74) is 3.54. The third-order valence-electron chi connectivity index (χ3n) is 2.99. The largest absolute Gasteiger partial charge is 0.351 e. The number of aromatic nitrogens is 1. The topological polar surface area (TPSA) is 83.3 Å². The van der Waals surface area contributed by atoms with Crippen LogP contribution in [0.25, 0.3) is 0 Å². The van der Waals surface area contributed by atoms with Crippen LogP contribution in [0.3, 0.4) is 0 Å². The maximum atomic E-state index is 11.8. The summed E-state index contributed by atoms with van der Waals surface area (Å²) in [6.07, 6.45) is 2.49. The molecule has 0 aliphatic rings. The molecule has 0 bridgehead atoms. The summed E-state index contributed by atoms with van der Waals surface area (Å²) in [7, 11) is 0. The molecule has 0 spiro atoms. The van der Waals surface area contributed by atoms with Crippen molar-refractivity contribution in [3.8, 4) is 0 Å². The third-order valence-corrected chi connectivity index (χ3v) is 2.99. The zero-order valence-electron chi connectivity index (χ0n) is 11.6. The Morgan fingerprint density at radius 2 is 2.16 bits per heavy atom. The fourth-order valence-corrected chi connectivity index (χ4v) is 1.78. The van der Waals surface area contributed by atoms with Gasteiger partial charge in [0.15, 0.2) is 0 Å². The van der Waals surface area contributed by atoms with Gasteiger partial charge in [0.1, 0.15) is 5.69 Å². The Labute approximate surface area is 114 Å². The van der Waals surface area contributed by atoms with Crippen LogP contribution in [0.1, 0.15) is 30.8 Å². The van der Waals surface area contributed by atoms with Crippen LogP contribution in [0.2, 0.25) is 0 Å². The minimum absolute atomic E-state index is 0.170. The summed E-state index contributed by atoms with van der Waals surface area (Å²) in [6.45, 7) is 7.99. The number of hydrazine groups is 1. The van der Waals surface area contributed by atoms with Gasteiger partial charge < -0.3 is 15.6 Å². The smallest absolute Gasteiger partial charge is 0.269 e. The summed E-state index contributed by atoms with van der Waals surface area (Å²) >= 11 is 0. The normalized spacial score (nSPS) is 10.5. The number of hydrogen-bond donors (Lipinski definition) is 3. The molecule has 0 fully saturated rings. The SMILES string of the molecule is CCN(CC)CCCNC(=O)c1cc(NN)ccn1. The summed E-state index contributed by atoms with van der Waals surface area (Å²) in [6, 6.07) is 3.33. The second-order valence-electron chi connectivity index (χ2n) is 4.21. The first-order chi connectivity index (χ1) is 9.21. The van der Waals surface area contributed by atoms with Gasteiger partial charge in [0.25, 0.3) is 5.91 Å². The highest BCUT2D eigenvalue weighted by molar-refractivity contribution is 5.93. The van der Waals surface area contributed by atoms with Crippen molar-refractivity contribution in [1.29, 1.82) is 0 Å². The number of anilines is 1. The lowest BCUT2D eigenvalue weighted by atomic mass is 10.3. The van der Waals surface area contributed by atoms with Gasteiger partial charge >= 0.3 is 0 Å². The number of carbonyl (C=O) groups excluding carboxylic acids is 1. The molecule has 106 valence electrons. The third kappa shape index (κ3) is 5.23. The molecule has 1 aromatic heterocycles. The average Bonchev–Trinajstić information content (AvgIpc) is 2.47. The van der Waals surface area contributed by atoms with Crippen LogP contribution < -0.4 is 16.6 Å². The molecule has 6 nitrogen and oxygen atoms in total. The standard InChI is InChI=1S/C13H23N5O/c1-3-18(4-2)9-5-7-16-13(19)12-10-11(17-14)6-8-15-12/h6,8,10H,3-5,7,9,14H2,1-2H3,(H,15,17)(H,16,19). The van der Waals surface area contributed by atoms with Gasteiger partial charge in [-0.2, -0.15) is 0 Å². The van der Waals surface area contributed by atoms with Crippen LogP contribution in [0.5, 0.6) is 0 Å². The van der Waals surface area contributed by atoms with E-state index in [9.17, 15) is 4.79 Å². The molecule has 1 heterocycles. The minimum Gasteiger partial charge on any atom is -0.351 e. The number of nitrogens with one attached hydrogen (secondary N) is 2. The molecule has 0 aliphatic heterocycles. The molecule has 0 aromatic carbocycles. The van der Waals surface area contributed by atoms with E-state index in [0.717, 1.165) is 26.1 Å². The quantitative estimate of drug-likeness (QED) is 0.368. The van der Waals surface area contributed by atoms with E-state index < -0.39 is 0 Å². The van der Waals surface area contributed by atoms with Gasteiger partial charge in [-0.25, -0.2) is 0 Å². The predicted octanol–water partition coefficient (Wildman–Crippen LogP) is 0.829. The summed E-state index contributed by atoms with van der Waals surface area (Å²) < 4.78 is 0. The fourth-order valence-electron chi connectivity index (χ4n) is 1.78. The van der Waals surface area contributed by atoms with Gasteiger partial charge in [0.2, 0.25) is 0 Å². The maximum absolute atomic E-state index is 11.8. The van der Waals surface area contributed by atoms with Gasteiger partial charge in [-0.3, -0.25) is 15.6 Å². The highest BCUT2D eigenvalue weighted by Crippen LogP contribution is 2.05. The van der Waals surface area contributed by atoms with Crippen LogP contribution >= 0.6 is 0 Å². The fraction of sp³-hybridized carbons (Fsp3) is 0.538. The average molecular weight is 265 g/mol. The zero-order chi connectivity index (χ0) is 14.1. The minimum atomic E-state index is -0.170. The van der Waals surface area contributed by atoms with E-state index in [1.54, 1.807) is 18.3 Å². The molecular weight excluding hydrogens is 242 g/mol. The highest BCUT2D eigenvalue weighted by Gasteiger charge is 2.07. The molecule has 4 N–H and O–H groups in total. The van der Waals surface area contributed by atoms with Crippen molar-refractivity contribution in [3.63, 3.8) is 0 Å². The van der Waals surface area contributed by atoms with E-state index >= 15 is 0 Å². The molecule has 0 aliphatic carbocycles. The Kier molecular flexibility index (Phi) is 6.84. The molecule has 19 heavy (non-hydrogen) atoms. The number of nitrogens with two attached hydrogens (primary N) is 1. The molecule has 1 aromatic rings. The Bertz CT molecular complexity index is 392. The van der Waals surface area contributed by atoms with Crippen molar-refractivity contribution < 1.29 is 4.79 Å². The van der Waals surface area contributed by atoms with E-state index in [2.05, 4.69) is 34.5 Å². The Balaban J connectivity index is 2.34. The van der Waals surface area contributed by atoms with Crippen molar-refractivity contribution in [1.82, 2.24) is 15.2 Å². The molecule has 0 radical (unpaired) electrons. The first-order valence-electron chi connectivity index (χ1n) is 6.64. The number of pyridine rings is 1. The van der Waals surface area contributed by atoms with Crippen LogP contribution in [-0.4, -0.2) is 42.0 Å². The van der Waals surface area contributed by atoms with Crippen LogP contribution in [0, 0.1) is 0 Å². The Morgan fingerprint density at radius 3 is 2.79 bits per heavy atom. The number of amides is 1. The van der Waals surface area contributed by atoms with E-state index in [1.807, 2.05) is 0 Å². The first-order valence-corrected chi connectivity index (χ1v) is 6.64. The second kappa shape index (κ2) is 8.44. The monoisotopic (exact) mass is 265 g/mol. The summed E-state index contributed by atoms with van der Waals surface area (Å²) in [5, 5.41) is 2.86. The highest BCUT2D eigenvalue weighted by atomic mass is 16.1. The van der Waals surface area contributed by atoms with Crippen molar-refractivity contribution in [2.75, 3.05) is 31.6 Å². The lowest BCUT2D eigenvalue weighted by Crippen LogP contribution is -2.30. The van der Waals surface area contributed by atoms with Crippen LogP contribution in [0.4, 0.5) is 5.69 Å². The lowest BCUT2D eigenvalue weighted by Gasteiger charge is -2.17. The Hall–Kier alpha value is -1.66. The van der Waals surface area contributed by atoms with Crippen LogP contribution in [0.15, 0.2) is 18.3 Å². The molecule has 1 amide bonds. The molecule has 0 saturated heterocycles. The second-order valence-corrected chi connectivity index (χ2v) is 4.21. The molecule has 1 rings (SSSR count). The van der Waals surface area contributed by atoms with Crippen molar-refractivity contribution in [2.24, 2.45) is 5.84 Å². The summed E-state index contributed by atoms with van der Waals surface area (Å²) in [4.78, 5) is 18.2. The summed E-state index contributed by atoms with van der Waals surface area (Å²) in [5.74, 6) is 5.12.